The van der Waals surface area contributed by atoms with Crippen molar-refractivity contribution in [3.63, 3.8) is 0 Å². The van der Waals surface area contributed by atoms with Gasteiger partial charge in [-0.05, 0) is 79.7 Å². The molecule has 188 valence electrons. The molecule has 3 heterocycles. The van der Waals surface area contributed by atoms with Crippen molar-refractivity contribution in [1.82, 2.24) is 9.88 Å². The van der Waals surface area contributed by atoms with Crippen LogP contribution in [0.4, 0.5) is 5.82 Å². The molecule has 0 spiro atoms. The summed E-state index contributed by atoms with van der Waals surface area (Å²) in [6, 6.07) is 12.2. The third-order valence-electron chi connectivity index (χ3n) is 7.36. The number of carbonyl (C=O) groups excluding carboxylic acids is 2. The van der Waals surface area contributed by atoms with Crippen LogP contribution in [0.2, 0.25) is 0 Å². The van der Waals surface area contributed by atoms with Gasteiger partial charge in [0.25, 0.3) is 0 Å². The van der Waals surface area contributed by atoms with Crippen LogP contribution in [0.3, 0.4) is 0 Å². The van der Waals surface area contributed by atoms with Gasteiger partial charge in [-0.2, -0.15) is 0 Å². The highest BCUT2D eigenvalue weighted by molar-refractivity contribution is 5.76. The first kappa shape index (κ1) is 25.0. The summed E-state index contributed by atoms with van der Waals surface area (Å²) < 4.78 is 10.2. The number of fused-ring (bicyclic) bond motifs is 1. The van der Waals surface area contributed by atoms with Crippen molar-refractivity contribution in [1.29, 1.82) is 0 Å². The number of piperidine rings is 1. The topological polar surface area (TPSA) is 80.8 Å². The average Bonchev–Trinajstić information content (AvgIpc) is 2.91. The number of nitrogens with one attached hydrogen (secondary N) is 1. The first-order valence-electron chi connectivity index (χ1n) is 12.8. The van der Waals surface area contributed by atoms with E-state index in [2.05, 4.69) is 17.4 Å². The fourth-order valence-corrected chi connectivity index (χ4v) is 5.22. The number of rotatable bonds is 9. The molecule has 0 saturated carbocycles. The number of aryl methyl sites for hydroxylation is 2. The summed E-state index contributed by atoms with van der Waals surface area (Å²) in [7, 11) is 3.09. The fraction of sp³-hybridized carbons (Fsp3) is 0.536. The lowest BCUT2D eigenvalue weighted by atomic mass is 9.82. The summed E-state index contributed by atoms with van der Waals surface area (Å²) in [6.45, 7) is 2.52. The molecule has 0 aliphatic carbocycles. The van der Waals surface area contributed by atoms with Crippen LogP contribution in [0, 0.1) is 5.92 Å². The minimum atomic E-state index is -0.190. The fourth-order valence-electron chi connectivity index (χ4n) is 5.22. The predicted molar refractivity (Wildman–Crippen MR) is 136 cm³/mol. The van der Waals surface area contributed by atoms with Gasteiger partial charge in [0.1, 0.15) is 11.6 Å². The molecule has 0 bridgehead atoms. The van der Waals surface area contributed by atoms with Gasteiger partial charge in [0.2, 0.25) is 5.91 Å². The summed E-state index contributed by atoms with van der Waals surface area (Å²) >= 11 is 0. The first-order chi connectivity index (χ1) is 17.1. The van der Waals surface area contributed by atoms with Crippen molar-refractivity contribution in [2.24, 2.45) is 5.92 Å². The molecule has 1 unspecified atom stereocenters. The molecule has 0 radical (unpaired) electrons. The molecular formula is C28H37N3O4. The standard InChI is InChI=1S/C28H37N3O4/c1-34-25-10-6-21(7-11-25)23(19-27(33)35-2)18-20-13-16-31(17-14-20)26(32)12-9-24-8-5-22-4-3-15-29-28(22)30-24/h5-8,10-11,20,23H,3-4,9,12-19H2,1-2H3,(H,29,30). The highest BCUT2D eigenvalue weighted by atomic mass is 16.5. The van der Waals surface area contributed by atoms with Crippen molar-refractivity contribution >= 4 is 17.7 Å². The molecule has 2 aliphatic heterocycles. The minimum absolute atomic E-state index is 0.101. The van der Waals surface area contributed by atoms with Gasteiger partial charge in [-0.1, -0.05) is 18.2 Å². The highest BCUT2D eigenvalue weighted by Gasteiger charge is 2.27. The number of benzene rings is 1. The predicted octanol–water partition coefficient (Wildman–Crippen LogP) is 4.36. The molecule has 7 heteroatoms. The Bertz CT molecular complexity index is 1000. The zero-order valence-electron chi connectivity index (χ0n) is 20.9. The van der Waals surface area contributed by atoms with E-state index in [0.29, 0.717) is 25.2 Å². The monoisotopic (exact) mass is 479 g/mol. The van der Waals surface area contributed by atoms with Crippen molar-refractivity contribution in [2.75, 3.05) is 39.2 Å². The number of esters is 1. The molecule has 2 aromatic rings. The summed E-state index contributed by atoms with van der Waals surface area (Å²) in [5.41, 5.74) is 3.38. The molecule has 35 heavy (non-hydrogen) atoms. The van der Waals surface area contributed by atoms with Crippen LogP contribution >= 0.6 is 0 Å². The van der Waals surface area contributed by atoms with Crippen molar-refractivity contribution < 1.29 is 19.1 Å². The Kier molecular flexibility index (Phi) is 8.61. The van der Waals surface area contributed by atoms with Crippen molar-refractivity contribution in [3.8, 4) is 5.75 Å². The summed E-state index contributed by atoms with van der Waals surface area (Å²) in [6.07, 6.45) is 6.58. The third kappa shape index (κ3) is 6.74. The lowest BCUT2D eigenvalue weighted by Gasteiger charge is -2.34. The molecule has 2 aliphatic rings. The maximum absolute atomic E-state index is 12.9. The zero-order chi connectivity index (χ0) is 24.6. The van der Waals surface area contributed by atoms with Crippen LogP contribution in [0.25, 0.3) is 0 Å². The highest BCUT2D eigenvalue weighted by Crippen LogP contribution is 2.33. The van der Waals surface area contributed by atoms with E-state index in [1.807, 2.05) is 29.2 Å². The number of hydrogen-bond donors (Lipinski definition) is 1. The Morgan fingerprint density at radius 1 is 1.11 bits per heavy atom. The molecule has 1 atom stereocenters. The number of carbonyl (C=O) groups is 2. The average molecular weight is 480 g/mol. The van der Waals surface area contributed by atoms with Gasteiger partial charge in [-0.3, -0.25) is 9.59 Å². The van der Waals surface area contributed by atoms with Gasteiger partial charge < -0.3 is 19.7 Å². The Labute approximate surface area is 208 Å². The molecule has 1 amide bonds. The van der Waals surface area contributed by atoms with Crippen LogP contribution in [-0.2, 0) is 27.2 Å². The summed E-state index contributed by atoms with van der Waals surface area (Å²) in [5.74, 6) is 2.38. The lowest BCUT2D eigenvalue weighted by Crippen LogP contribution is -2.39. The number of pyridine rings is 1. The van der Waals surface area contributed by atoms with E-state index < -0.39 is 0 Å². The number of likely N-dealkylation sites (tertiary alicyclic amines) is 1. The van der Waals surface area contributed by atoms with Gasteiger partial charge in [0.15, 0.2) is 0 Å². The Morgan fingerprint density at radius 2 is 1.89 bits per heavy atom. The first-order valence-corrected chi connectivity index (χ1v) is 12.8. The van der Waals surface area contributed by atoms with E-state index in [4.69, 9.17) is 14.5 Å². The minimum Gasteiger partial charge on any atom is -0.497 e. The number of aromatic nitrogens is 1. The van der Waals surface area contributed by atoms with E-state index in [9.17, 15) is 9.59 Å². The molecule has 1 aromatic heterocycles. The van der Waals surface area contributed by atoms with Gasteiger partial charge in [0.05, 0.1) is 20.6 Å². The van der Waals surface area contributed by atoms with Crippen LogP contribution in [0.5, 0.6) is 5.75 Å². The number of methoxy groups -OCH3 is 2. The third-order valence-corrected chi connectivity index (χ3v) is 7.36. The Balaban J connectivity index is 1.27. The van der Waals surface area contributed by atoms with E-state index >= 15 is 0 Å². The molecular weight excluding hydrogens is 442 g/mol. The Hall–Kier alpha value is -3.09. The molecule has 1 fully saturated rings. The van der Waals surface area contributed by atoms with Crippen molar-refractivity contribution in [3.05, 3.63) is 53.2 Å². The van der Waals surface area contributed by atoms with Crippen LogP contribution in [0.15, 0.2) is 36.4 Å². The van der Waals surface area contributed by atoms with Crippen LogP contribution in [0.1, 0.15) is 61.3 Å². The maximum Gasteiger partial charge on any atom is 0.306 e. The van der Waals surface area contributed by atoms with Gasteiger partial charge in [0, 0.05) is 31.7 Å². The van der Waals surface area contributed by atoms with Gasteiger partial charge in [-0.15, -0.1) is 0 Å². The second kappa shape index (κ2) is 12.0. The maximum atomic E-state index is 12.9. The van der Waals surface area contributed by atoms with Gasteiger partial charge >= 0.3 is 5.97 Å². The quantitative estimate of drug-likeness (QED) is 0.539. The number of ether oxygens (including phenoxy) is 2. The number of amides is 1. The molecule has 1 saturated heterocycles. The molecule has 1 aromatic carbocycles. The van der Waals surface area contributed by atoms with E-state index in [-0.39, 0.29) is 17.8 Å². The largest absolute Gasteiger partial charge is 0.497 e. The molecule has 4 rings (SSSR count). The SMILES string of the molecule is COC(=O)CC(CC1CCN(C(=O)CCc2ccc3c(n2)NCCC3)CC1)c1ccc(OC)cc1. The van der Waals surface area contributed by atoms with Crippen LogP contribution in [-0.4, -0.2) is 55.6 Å². The van der Waals surface area contributed by atoms with Gasteiger partial charge in [-0.25, -0.2) is 4.98 Å². The normalized spacial score (nSPS) is 16.7. The number of nitrogens with zero attached hydrogens (tertiary/aromatic N) is 2. The van der Waals surface area contributed by atoms with E-state index in [1.165, 1.54) is 12.7 Å². The van der Waals surface area contributed by atoms with Crippen molar-refractivity contribution in [2.45, 2.75) is 57.3 Å². The summed E-state index contributed by atoms with van der Waals surface area (Å²) in [5, 5.41) is 3.37. The number of hydrogen-bond acceptors (Lipinski definition) is 6. The smallest absolute Gasteiger partial charge is 0.306 e. The number of anilines is 1. The van der Waals surface area contributed by atoms with Crippen LogP contribution < -0.4 is 10.1 Å². The molecule has 7 nitrogen and oxygen atoms in total. The Morgan fingerprint density at radius 3 is 2.60 bits per heavy atom. The zero-order valence-corrected chi connectivity index (χ0v) is 20.9. The summed E-state index contributed by atoms with van der Waals surface area (Å²) in [4.78, 5) is 31.6. The second-order valence-electron chi connectivity index (χ2n) is 9.65. The molecule has 1 N–H and O–H groups in total. The van der Waals surface area contributed by atoms with E-state index in [0.717, 1.165) is 74.6 Å². The second-order valence-corrected chi connectivity index (χ2v) is 9.65. The van der Waals surface area contributed by atoms with E-state index in [1.54, 1.807) is 7.11 Å². The lowest BCUT2D eigenvalue weighted by molar-refractivity contribution is -0.141.